The quantitative estimate of drug-likeness (QED) is 0.439. The van der Waals surface area contributed by atoms with E-state index in [1.165, 1.54) is 16.7 Å². The van der Waals surface area contributed by atoms with E-state index in [1.807, 2.05) is 0 Å². The van der Waals surface area contributed by atoms with E-state index in [-0.39, 0.29) is 30.2 Å². The predicted octanol–water partition coefficient (Wildman–Crippen LogP) is 1.18. The average Bonchev–Trinajstić information content (AvgIpc) is 3.17. The molecule has 0 spiro atoms. The summed E-state index contributed by atoms with van der Waals surface area (Å²) >= 11 is -1.93. The first-order chi connectivity index (χ1) is 13.6. The average molecular weight is 529 g/mol. The molecule has 0 aromatic heterocycles. The molecule has 1 unspecified atom stereocenters. The van der Waals surface area contributed by atoms with Crippen LogP contribution in [0.4, 0.5) is 0 Å². The van der Waals surface area contributed by atoms with Crippen LogP contribution < -0.4 is 24.8 Å². The van der Waals surface area contributed by atoms with Gasteiger partial charge in [-0.15, -0.1) is 0 Å². The molecule has 0 saturated carbocycles. The summed E-state index contributed by atoms with van der Waals surface area (Å²) in [6.45, 7) is 9.99. The van der Waals surface area contributed by atoms with E-state index in [4.69, 9.17) is 0 Å². The topological polar surface area (TPSA) is 0 Å². The minimum absolute atomic E-state index is 0. The molecule has 0 fully saturated rings. The number of halogens is 2. The molecule has 0 saturated heterocycles. The molecule has 0 N–H and O–H groups in total. The van der Waals surface area contributed by atoms with Crippen molar-refractivity contribution in [1.82, 2.24) is 0 Å². The Labute approximate surface area is 200 Å². The van der Waals surface area contributed by atoms with Crippen LogP contribution in [0.3, 0.4) is 0 Å². The van der Waals surface area contributed by atoms with Crippen LogP contribution in [0.5, 0.6) is 0 Å². The zero-order valence-electron chi connectivity index (χ0n) is 17.8. The Morgan fingerprint density at radius 3 is 1.47 bits per heavy atom. The molecule has 2 aliphatic rings. The second-order valence-corrected chi connectivity index (χ2v) is 26.3. The molecule has 0 aliphatic heterocycles. The van der Waals surface area contributed by atoms with Gasteiger partial charge >= 0.3 is 177 Å². The summed E-state index contributed by atoms with van der Waals surface area (Å²) in [5.74, 6) is 0. The Bertz CT molecular complexity index is 1130. The Morgan fingerprint density at radius 1 is 0.600 bits per heavy atom. The van der Waals surface area contributed by atoms with Gasteiger partial charge in [0.05, 0.1) is 0 Å². The fraction of sp³-hybridized carbons (Fsp3) is 0.231. The standard InChI is InChI=1S/C13H9.C11H11.C2H6Si.2ClH.Zr/c1-3-7-12-10(5-1)9-11-6-2-4-8-13(11)12;1-8-7-10-5-3-4-6-11(10)9(8)2;1-3-2;;;/h1-9H;3-7H,1-2H3;1-2H3;2*1H;/q;;;;;+2/p-2. The third-order valence-electron chi connectivity index (χ3n) is 6.73. The zero-order chi connectivity index (χ0) is 19.4. The van der Waals surface area contributed by atoms with Crippen LogP contribution in [0.1, 0.15) is 43.4 Å². The van der Waals surface area contributed by atoms with Crippen LogP contribution in [-0.4, -0.2) is 5.43 Å². The molecule has 30 heavy (non-hydrogen) atoms. The maximum Gasteiger partial charge on any atom is -1.00 e. The molecule has 3 aromatic rings. The van der Waals surface area contributed by atoms with Gasteiger partial charge in [0.1, 0.15) is 0 Å². The van der Waals surface area contributed by atoms with Gasteiger partial charge < -0.3 is 24.8 Å². The number of fused-ring (bicyclic) bond motifs is 4. The SMILES string of the molecule is CC1=C(C)[CH]([Zr+2]([CH]2c3ccccc3-c3ccccc32)=[Si](C)C)c2ccccc21.[Cl-].[Cl-]. The van der Waals surface area contributed by atoms with Gasteiger partial charge in [0.25, 0.3) is 0 Å². The van der Waals surface area contributed by atoms with Crippen molar-refractivity contribution in [2.75, 3.05) is 0 Å². The molecular formula is C26H26Cl2SiZr. The first-order valence-electron chi connectivity index (χ1n) is 10.2. The van der Waals surface area contributed by atoms with Crippen LogP contribution in [0.25, 0.3) is 16.7 Å². The van der Waals surface area contributed by atoms with Crippen molar-refractivity contribution >= 4 is 11.0 Å². The van der Waals surface area contributed by atoms with Crippen LogP contribution in [-0.2, 0) is 20.4 Å². The van der Waals surface area contributed by atoms with Crippen LogP contribution in [0.2, 0.25) is 13.1 Å². The summed E-state index contributed by atoms with van der Waals surface area (Å²) in [4.78, 5) is 0. The van der Waals surface area contributed by atoms with Crippen molar-refractivity contribution < 1.29 is 45.2 Å². The van der Waals surface area contributed by atoms with Crippen molar-refractivity contribution in [3.05, 3.63) is 101 Å². The molecule has 3 aromatic carbocycles. The van der Waals surface area contributed by atoms with Gasteiger partial charge in [-0.3, -0.25) is 0 Å². The van der Waals surface area contributed by atoms with Gasteiger partial charge in [-0.25, -0.2) is 0 Å². The number of hydrogen-bond donors (Lipinski definition) is 0. The minimum atomic E-state index is -1.93. The largest absolute Gasteiger partial charge is 1.00 e. The smallest absolute Gasteiger partial charge is 1.00 e. The van der Waals surface area contributed by atoms with E-state index >= 15 is 0 Å². The summed E-state index contributed by atoms with van der Waals surface area (Å²) in [5, 5.41) is 0. The van der Waals surface area contributed by atoms with Crippen LogP contribution in [0.15, 0.2) is 78.4 Å². The first-order valence-corrected chi connectivity index (χ1v) is 19.2. The minimum Gasteiger partial charge on any atom is -1.00 e. The van der Waals surface area contributed by atoms with Crippen LogP contribution in [0, 0.1) is 0 Å². The van der Waals surface area contributed by atoms with E-state index in [2.05, 4.69) is 99.7 Å². The van der Waals surface area contributed by atoms with E-state index < -0.39 is 20.4 Å². The van der Waals surface area contributed by atoms with E-state index in [0.29, 0.717) is 3.63 Å². The van der Waals surface area contributed by atoms with Gasteiger partial charge in [0.2, 0.25) is 0 Å². The third-order valence-corrected chi connectivity index (χ3v) is 26.2. The third kappa shape index (κ3) is 3.55. The van der Waals surface area contributed by atoms with Crippen LogP contribution >= 0.6 is 0 Å². The molecule has 152 valence electrons. The molecule has 0 amide bonds. The van der Waals surface area contributed by atoms with Crippen molar-refractivity contribution in [2.45, 2.75) is 34.2 Å². The maximum absolute atomic E-state index is 2.60. The number of hydrogen-bond acceptors (Lipinski definition) is 0. The summed E-state index contributed by atoms with van der Waals surface area (Å²) in [5.41, 5.74) is 12.3. The van der Waals surface area contributed by atoms with E-state index in [1.54, 1.807) is 27.8 Å². The molecule has 0 nitrogen and oxygen atoms in total. The number of benzene rings is 3. The monoisotopic (exact) mass is 526 g/mol. The molecule has 5 rings (SSSR count). The summed E-state index contributed by atoms with van der Waals surface area (Å²) < 4.78 is 1.42. The second-order valence-electron chi connectivity index (χ2n) is 8.39. The van der Waals surface area contributed by atoms with Gasteiger partial charge in [-0.05, 0) is 0 Å². The van der Waals surface area contributed by atoms with Gasteiger partial charge in [0, 0.05) is 0 Å². The Morgan fingerprint density at radius 2 is 1.00 bits per heavy atom. The molecule has 4 heteroatoms. The van der Waals surface area contributed by atoms with Gasteiger partial charge in [0.15, 0.2) is 0 Å². The summed E-state index contributed by atoms with van der Waals surface area (Å²) in [6.07, 6.45) is 0. The fourth-order valence-corrected chi connectivity index (χ4v) is 25.9. The summed E-state index contributed by atoms with van der Waals surface area (Å²) in [6, 6.07) is 27.7. The molecular weight excluding hydrogens is 503 g/mol. The van der Waals surface area contributed by atoms with Gasteiger partial charge in [-0.1, -0.05) is 0 Å². The summed E-state index contributed by atoms with van der Waals surface area (Å²) in [7, 11) is 0. The van der Waals surface area contributed by atoms with Crippen molar-refractivity contribution in [2.24, 2.45) is 0 Å². The fourth-order valence-electron chi connectivity index (χ4n) is 5.39. The second kappa shape index (κ2) is 9.29. The number of allylic oxidation sites excluding steroid dienone is 2. The number of rotatable bonds is 2. The Hall–Kier alpha value is -0.920. The predicted molar refractivity (Wildman–Crippen MR) is 119 cm³/mol. The Balaban J connectivity index is 0.00000128. The van der Waals surface area contributed by atoms with Crippen molar-refractivity contribution in [1.29, 1.82) is 0 Å². The molecule has 2 aliphatic carbocycles. The van der Waals surface area contributed by atoms with E-state index in [0.717, 1.165) is 3.63 Å². The molecule has 0 radical (unpaired) electrons. The molecule has 0 heterocycles. The van der Waals surface area contributed by atoms with Crippen molar-refractivity contribution in [3.8, 4) is 11.1 Å². The van der Waals surface area contributed by atoms with E-state index in [9.17, 15) is 0 Å². The molecule has 0 bridgehead atoms. The normalized spacial score (nSPS) is 15.9. The first kappa shape index (κ1) is 23.7. The van der Waals surface area contributed by atoms with Crippen molar-refractivity contribution in [3.63, 3.8) is 0 Å². The Kier molecular flexibility index (Phi) is 7.35. The molecule has 1 atom stereocenters. The van der Waals surface area contributed by atoms with Gasteiger partial charge in [-0.2, -0.15) is 0 Å². The maximum atomic E-state index is 2.60. The zero-order valence-corrected chi connectivity index (χ0v) is 22.8.